The van der Waals surface area contributed by atoms with Crippen LogP contribution < -0.4 is 9.64 Å². The van der Waals surface area contributed by atoms with Crippen molar-refractivity contribution >= 4 is 39.9 Å². The lowest BCUT2D eigenvalue weighted by molar-refractivity contribution is -0.131. The maximum absolute atomic E-state index is 13.3. The summed E-state index contributed by atoms with van der Waals surface area (Å²) in [4.78, 5) is 34.2. The number of methoxy groups -OCH3 is 1. The zero-order valence-electron chi connectivity index (χ0n) is 19.9. The molecular weight excluding hydrogens is 466 g/mol. The fourth-order valence-corrected chi connectivity index (χ4v) is 4.95. The van der Waals surface area contributed by atoms with Crippen molar-refractivity contribution in [2.45, 2.75) is 26.2 Å². The highest BCUT2D eigenvalue weighted by molar-refractivity contribution is 6.32. The van der Waals surface area contributed by atoms with Gasteiger partial charge in [-0.3, -0.25) is 14.6 Å². The summed E-state index contributed by atoms with van der Waals surface area (Å²) in [5, 5.41) is 11.2. The zero-order chi connectivity index (χ0) is 24.7. The van der Waals surface area contributed by atoms with Gasteiger partial charge in [-0.25, -0.2) is 0 Å². The number of hydrogen-bond acceptors (Lipinski definition) is 6. The molecule has 1 aliphatic carbocycles. The normalized spacial score (nSPS) is 16.0. The summed E-state index contributed by atoms with van der Waals surface area (Å²) in [6.45, 7) is 4.43. The van der Waals surface area contributed by atoms with E-state index in [4.69, 9.17) is 16.3 Å². The molecule has 182 valence electrons. The Hall–Kier alpha value is -3.32. The fourth-order valence-electron chi connectivity index (χ4n) is 4.74. The van der Waals surface area contributed by atoms with Crippen molar-refractivity contribution in [3.05, 3.63) is 47.1 Å². The summed E-state index contributed by atoms with van der Waals surface area (Å²) in [5.74, 6) is 0.553. The van der Waals surface area contributed by atoms with Gasteiger partial charge in [-0.15, -0.1) is 0 Å². The molecule has 1 N–H and O–H groups in total. The first kappa shape index (κ1) is 23.4. The van der Waals surface area contributed by atoms with Gasteiger partial charge < -0.3 is 19.6 Å². The SMILES string of the molecule is CCC(=O)N1CCN(c2c(C(=O)C3CC3)cnc3ccc(-c4cc(Cl)c(O)c(OC)c4)cc23)CC1. The molecule has 5 rings (SSSR count). The molecule has 35 heavy (non-hydrogen) atoms. The summed E-state index contributed by atoms with van der Waals surface area (Å²) in [7, 11) is 1.48. The number of carbonyl (C=O) groups excluding carboxylic acids is 2. The molecule has 7 nitrogen and oxygen atoms in total. The van der Waals surface area contributed by atoms with Gasteiger partial charge in [0.1, 0.15) is 0 Å². The van der Waals surface area contributed by atoms with Crippen LogP contribution in [0, 0.1) is 5.92 Å². The van der Waals surface area contributed by atoms with E-state index in [-0.39, 0.29) is 28.4 Å². The molecule has 2 fully saturated rings. The molecule has 0 bridgehead atoms. The summed E-state index contributed by atoms with van der Waals surface area (Å²) < 4.78 is 5.28. The number of phenolic OH excluding ortho intramolecular Hbond substituents is 1. The molecule has 3 aromatic rings. The second-order valence-electron chi connectivity index (χ2n) is 9.12. The molecule has 8 heteroatoms. The van der Waals surface area contributed by atoms with Crippen molar-refractivity contribution in [3.63, 3.8) is 0 Å². The number of halogens is 1. The molecule has 2 aliphatic rings. The Kier molecular flexibility index (Phi) is 6.28. The second-order valence-corrected chi connectivity index (χ2v) is 9.53. The minimum Gasteiger partial charge on any atom is -0.503 e. The number of nitrogens with zero attached hydrogens (tertiary/aromatic N) is 3. The van der Waals surface area contributed by atoms with E-state index in [1.165, 1.54) is 7.11 Å². The minimum atomic E-state index is -0.0992. The first-order valence-corrected chi connectivity index (χ1v) is 12.4. The quantitative estimate of drug-likeness (QED) is 0.491. The van der Waals surface area contributed by atoms with Gasteiger partial charge in [0.2, 0.25) is 5.91 Å². The Bertz CT molecular complexity index is 1310. The number of ether oxygens (including phenoxy) is 1. The van der Waals surface area contributed by atoms with Gasteiger partial charge in [0.15, 0.2) is 17.3 Å². The van der Waals surface area contributed by atoms with E-state index in [0.29, 0.717) is 43.9 Å². The number of rotatable bonds is 6. The van der Waals surface area contributed by atoms with Crippen LogP contribution in [0.5, 0.6) is 11.5 Å². The average molecular weight is 494 g/mol. The van der Waals surface area contributed by atoms with Crippen molar-refractivity contribution < 1.29 is 19.4 Å². The van der Waals surface area contributed by atoms with Crippen LogP contribution in [0.25, 0.3) is 22.0 Å². The molecule has 1 aromatic heterocycles. The number of piperazine rings is 1. The lowest BCUT2D eigenvalue weighted by Gasteiger charge is -2.37. The van der Waals surface area contributed by atoms with Crippen molar-refractivity contribution in [1.29, 1.82) is 0 Å². The van der Waals surface area contributed by atoms with Gasteiger partial charge in [0.05, 0.1) is 28.9 Å². The van der Waals surface area contributed by atoms with Gasteiger partial charge in [-0.05, 0) is 48.2 Å². The topological polar surface area (TPSA) is 83.0 Å². The lowest BCUT2D eigenvalue weighted by Crippen LogP contribution is -2.49. The summed E-state index contributed by atoms with van der Waals surface area (Å²) in [5.41, 5.74) is 3.98. The number of hydrogen-bond donors (Lipinski definition) is 1. The van der Waals surface area contributed by atoms with Crippen LogP contribution in [0.15, 0.2) is 36.5 Å². The highest BCUT2D eigenvalue weighted by atomic mass is 35.5. The monoisotopic (exact) mass is 493 g/mol. The van der Waals surface area contributed by atoms with Gasteiger partial charge in [0, 0.05) is 50.1 Å². The molecule has 2 aromatic carbocycles. The zero-order valence-corrected chi connectivity index (χ0v) is 20.6. The van der Waals surface area contributed by atoms with Gasteiger partial charge in [-0.1, -0.05) is 24.6 Å². The van der Waals surface area contributed by atoms with Crippen molar-refractivity contribution in [2.24, 2.45) is 5.92 Å². The van der Waals surface area contributed by atoms with Crippen LogP contribution in [-0.4, -0.2) is 60.0 Å². The Morgan fingerprint density at radius 1 is 1.11 bits per heavy atom. The molecule has 1 aliphatic heterocycles. The molecule has 2 heterocycles. The van der Waals surface area contributed by atoms with Gasteiger partial charge in [-0.2, -0.15) is 0 Å². The van der Waals surface area contributed by atoms with Gasteiger partial charge >= 0.3 is 0 Å². The number of Topliss-reactive ketones (excluding diaryl/α,β-unsaturated/α-hetero) is 1. The molecule has 1 saturated carbocycles. The molecule has 1 amide bonds. The van der Waals surface area contributed by atoms with Gasteiger partial charge in [0.25, 0.3) is 0 Å². The minimum absolute atomic E-state index is 0.0688. The highest BCUT2D eigenvalue weighted by Gasteiger charge is 2.34. The van der Waals surface area contributed by atoms with E-state index >= 15 is 0 Å². The summed E-state index contributed by atoms with van der Waals surface area (Å²) in [6.07, 6.45) is 4.04. The molecular formula is C27H28ClN3O4. The van der Waals surface area contributed by atoms with E-state index in [2.05, 4.69) is 9.88 Å². The maximum Gasteiger partial charge on any atom is 0.222 e. The third-order valence-electron chi connectivity index (χ3n) is 6.89. The van der Waals surface area contributed by atoms with Crippen LogP contribution in [0.4, 0.5) is 5.69 Å². The lowest BCUT2D eigenvalue weighted by atomic mass is 9.98. The van der Waals surface area contributed by atoms with E-state index in [0.717, 1.165) is 40.6 Å². The number of ketones is 1. The number of amides is 1. The summed E-state index contributed by atoms with van der Waals surface area (Å²) >= 11 is 6.25. The van der Waals surface area contributed by atoms with Crippen LogP contribution in [0.1, 0.15) is 36.5 Å². The molecule has 0 radical (unpaired) electrons. The molecule has 1 saturated heterocycles. The van der Waals surface area contributed by atoms with Crippen molar-refractivity contribution in [1.82, 2.24) is 9.88 Å². The van der Waals surface area contributed by atoms with Crippen LogP contribution in [0.3, 0.4) is 0 Å². The van der Waals surface area contributed by atoms with Crippen LogP contribution in [-0.2, 0) is 4.79 Å². The fraction of sp³-hybridized carbons (Fsp3) is 0.370. The predicted molar refractivity (Wildman–Crippen MR) is 137 cm³/mol. The predicted octanol–water partition coefficient (Wildman–Crippen LogP) is 4.92. The Balaban J connectivity index is 1.62. The first-order chi connectivity index (χ1) is 16.9. The number of fused-ring (bicyclic) bond motifs is 1. The number of phenols is 1. The number of pyridine rings is 1. The maximum atomic E-state index is 13.3. The first-order valence-electron chi connectivity index (χ1n) is 12.0. The van der Waals surface area contributed by atoms with E-state index in [1.807, 2.05) is 30.0 Å². The van der Waals surface area contributed by atoms with Crippen LogP contribution >= 0.6 is 11.6 Å². The number of anilines is 1. The number of benzene rings is 2. The Morgan fingerprint density at radius 2 is 1.86 bits per heavy atom. The Labute approximate surface area is 209 Å². The van der Waals surface area contributed by atoms with E-state index in [1.54, 1.807) is 18.3 Å². The largest absolute Gasteiger partial charge is 0.503 e. The third-order valence-corrected chi connectivity index (χ3v) is 7.17. The number of aromatic nitrogens is 1. The average Bonchev–Trinajstić information content (AvgIpc) is 3.74. The molecule has 0 atom stereocenters. The third kappa shape index (κ3) is 4.41. The molecule has 0 spiro atoms. The smallest absolute Gasteiger partial charge is 0.222 e. The number of carbonyl (C=O) groups is 2. The number of aromatic hydroxyl groups is 1. The summed E-state index contributed by atoms with van der Waals surface area (Å²) in [6, 6.07) is 9.34. The van der Waals surface area contributed by atoms with E-state index < -0.39 is 0 Å². The molecule has 0 unspecified atom stereocenters. The Morgan fingerprint density at radius 3 is 2.51 bits per heavy atom. The standard InChI is InChI=1S/C27H28ClN3O4/c1-3-24(32)30-8-10-31(11-9-30)25-19-12-17(18-13-21(28)27(34)23(14-18)35-2)6-7-22(19)29-15-20(25)26(33)16-4-5-16/h6-7,12-16,34H,3-5,8-11H2,1-2H3. The highest BCUT2D eigenvalue weighted by Crippen LogP contribution is 2.41. The van der Waals surface area contributed by atoms with E-state index in [9.17, 15) is 14.7 Å². The van der Waals surface area contributed by atoms with Crippen LogP contribution in [0.2, 0.25) is 5.02 Å². The second kappa shape index (κ2) is 9.38. The van der Waals surface area contributed by atoms with Crippen molar-refractivity contribution in [2.75, 3.05) is 38.2 Å². The van der Waals surface area contributed by atoms with Crippen molar-refractivity contribution in [3.8, 4) is 22.6 Å².